The molecule has 0 bridgehead atoms. The van der Waals surface area contributed by atoms with Gasteiger partial charge in [0.1, 0.15) is 0 Å². The van der Waals surface area contributed by atoms with Crippen LogP contribution in [0.1, 0.15) is 51.5 Å². The van der Waals surface area contributed by atoms with Gasteiger partial charge in [0, 0.05) is 12.1 Å². The highest BCUT2D eigenvalue weighted by molar-refractivity contribution is 5.92. The topological polar surface area (TPSA) is 67.8 Å². The number of carbonyl (C=O) groups excluding carboxylic acids is 1. The molecule has 2 N–H and O–H groups in total. The van der Waals surface area contributed by atoms with Crippen molar-refractivity contribution in [2.24, 2.45) is 0 Å². The molecular weight excluding hydrogens is 318 g/mol. The third-order valence-electron chi connectivity index (χ3n) is 4.20. The van der Waals surface area contributed by atoms with Crippen molar-refractivity contribution in [3.05, 3.63) is 29.8 Å². The van der Waals surface area contributed by atoms with Gasteiger partial charge in [-0.2, -0.15) is 0 Å². The first-order valence-corrected chi connectivity index (χ1v) is 9.18. The number of amides is 1. The van der Waals surface area contributed by atoms with Crippen LogP contribution in [0.2, 0.25) is 0 Å². The number of aliphatic hydroxyl groups is 1. The first-order chi connectivity index (χ1) is 12.1. The first-order valence-electron chi connectivity index (χ1n) is 9.18. The molecule has 25 heavy (non-hydrogen) atoms. The smallest absolute Gasteiger partial charge is 0.244 e. The summed E-state index contributed by atoms with van der Waals surface area (Å²) in [4.78, 5) is 12.1. The lowest BCUT2D eigenvalue weighted by Gasteiger charge is -2.25. The molecule has 1 aromatic rings. The van der Waals surface area contributed by atoms with E-state index in [4.69, 9.17) is 9.47 Å². The minimum Gasteiger partial charge on any atom is -0.490 e. The fourth-order valence-corrected chi connectivity index (χ4v) is 2.87. The van der Waals surface area contributed by atoms with Crippen LogP contribution in [0.25, 0.3) is 6.08 Å². The Hall–Kier alpha value is -2.01. The van der Waals surface area contributed by atoms with E-state index in [2.05, 4.69) is 12.2 Å². The molecule has 5 nitrogen and oxygen atoms in total. The molecule has 2 rings (SSSR count). The van der Waals surface area contributed by atoms with Gasteiger partial charge in [-0.3, -0.25) is 4.79 Å². The van der Waals surface area contributed by atoms with E-state index in [-0.39, 0.29) is 18.1 Å². The fourth-order valence-electron chi connectivity index (χ4n) is 2.87. The summed E-state index contributed by atoms with van der Waals surface area (Å²) < 4.78 is 11.3. The Morgan fingerprint density at radius 2 is 1.96 bits per heavy atom. The molecule has 5 heteroatoms. The number of benzene rings is 1. The second-order valence-electron chi connectivity index (χ2n) is 6.34. The summed E-state index contributed by atoms with van der Waals surface area (Å²) in [6.07, 6.45) is 7.22. The van der Waals surface area contributed by atoms with Crippen molar-refractivity contribution in [3.63, 3.8) is 0 Å². The summed E-state index contributed by atoms with van der Waals surface area (Å²) in [7, 11) is 0. The highest BCUT2D eigenvalue weighted by Crippen LogP contribution is 2.29. The van der Waals surface area contributed by atoms with Crippen LogP contribution in [-0.4, -0.2) is 36.4 Å². The number of rotatable bonds is 8. The van der Waals surface area contributed by atoms with Gasteiger partial charge < -0.3 is 19.9 Å². The molecule has 138 valence electrons. The number of nitrogens with one attached hydrogen (secondary N) is 1. The van der Waals surface area contributed by atoms with Crippen molar-refractivity contribution in [3.8, 4) is 11.5 Å². The summed E-state index contributed by atoms with van der Waals surface area (Å²) >= 11 is 0. The molecule has 1 fully saturated rings. The van der Waals surface area contributed by atoms with Gasteiger partial charge in [0.05, 0.1) is 19.3 Å². The lowest BCUT2D eigenvalue weighted by atomic mass is 9.93. The lowest BCUT2D eigenvalue weighted by molar-refractivity contribution is -0.117. The van der Waals surface area contributed by atoms with Crippen molar-refractivity contribution < 1.29 is 19.4 Å². The molecule has 0 unspecified atom stereocenters. The molecule has 0 aliphatic heterocycles. The molecule has 0 aromatic heterocycles. The van der Waals surface area contributed by atoms with Crippen LogP contribution in [-0.2, 0) is 4.79 Å². The minimum absolute atomic E-state index is 0.106. The molecule has 0 atom stereocenters. The summed E-state index contributed by atoms with van der Waals surface area (Å²) in [5.41, 5.74) is 0.890. The predicted molar refractivity (Wildman–Crippen MR) is 98.8 cm³/mol. The van der Waals surface area contributed by atoms with Crippen molar-refractivity contribution in [2.45, 2.75) is 58.1 Å². The van der Waals surface area contributed by atoms with E-state index in [1.54, 1.807) is 12.2 Å². The third kappa shape index (κ3) is 6.42. The van der Waals surface area contributed by atoms with Gasteiger partial charge >= 0.3 is 0 Å². The molecule has 0 saturated heterocycles. The molecule has 0 heterocycles. The van der Waals surface area contributed by atoms with Gasteiger partial charge in [0.15, 0.2) is 11.5 Å². The summed E-state index contributed by atoms with van der Waals surface area (Å²) in [5, 5.41) is 12.5. The molecule has 1 aromatic carbocycles. The maximum Gasteiger partial charge on any atom is 0.244 e. The van der Waals surface area contributed by atoms with Crippen molar-refractivity contribution in [2.75, 3.05) is 13.2 Å². The Kier molecular flexibility index (Phi) is 7.79. The van der Waals surface area contributed by atoms with E-state index < -0.39 is 0 Å². The average Bonchev–Trinajstić information content (AvgIpc) is 2.61. The van der Waals surface area contributed by atoms with Crippen molar-refractivity contribution in [1.29, 1.82) is 0 Å². The Balaban J connectivity index is 1.94. The van der Waals surface area contributed by atoms with Gasteiger partial charge in [0.25, 0.3) is 0 Å². The van der Waals surface area contributed by atoms with Gasteiger partial charge in [-0.1, -0.05) is 13.0 Å². The molecule has 1 aliphatic rings. The maximum absolute atomic E-state index is 12.1. The Morgan fingerprint density at radius 1 is 1.20 bits per heavy atom. The normalized spacial score (nSPS) is 20.4. The molecule has 0 spiro atoms. The predicted octanol–water partition coefficient (Wildman–Crippen LogP) is 3.31. The fraction of sp³-hybridized carbons (Fsp3) is 0.550. The first kappa shape index (κ1) is 19.3. The van der Waals surface area contributed by atoms with E-state index in [1.807, 2.05) is 25.1 Å². The number of ether oxygens (including phenoxy) is 2. The van der Waals surface area contributed by atoms with Crippen molar-refractivity contribution in [1.82, 2.24) is 5.32 Å². The largest absolute Gasteiger partial charge is 0.490 e. The lowest BCUT2D eigenvalue weighted by Crippen LogP contribution is -2.37. The number of hydrogen-bond acceptors (Lipinski definition) is 4. The highest BCUT2D eigenvalue weighted by atomic mass is 16.5. The van der Waals surface area contributed by atoms with E-state index in [9.17, 15) is 9.90 Å². The highest BCUT2D eigenvalue weighted by Gasteiger charge is 2.19. The van der Waals surface area contributed by atoms with E-state index in [0.717, 1.165) is 43.4 Å². The van der Waals surface area contributed by atoms with E-state index in [1.165, 1.54) is 0 Å². The van der Waals surface area contributed by atoms with Crippen LogP contribution in [0.5, 0.6) is 11.5 Å². The maximum atomic E-state index is 12.1. The van der Waals surface area contributed by atoms with Crippen LogP contribution in [0, 0.1) is 0 Å². The summed E-state index contributed by atoms with van der Waals surface area (Å²) in [5.74, 6) is 1.32. The Labute approximate surface area is 150 Å². The second kappa shape index (κ2) is 10.1. The minimum atomic E-state index is -0.214. The van der Waals surface area contributed by atoms with Gasteiger partial charge in [0.2, 0.25) is 5.91 Å². The average molecular weight is 347 g/mol. The van der Waals surface area contributed by atoms with Gasteiger partial charge in [-0.15, -0.1) is 0 Å². The quantitative estimate of drug-likeness (QED) is 0.708. The summed E-state index contributed by atoms with van der Waals surface area (Å²) in [6.45, 7) is 5.20. The monoisotopic (exact) mass is 347 g/mol. The molecule has 0 radical (unpaired) electrons. The van der Waals surface area contributed by atoms with Crippen LogP contribution >= 0.6 is 0 Å². The zero-order valence-electron chi connectivity index (χ0n) is 15.2. The van der Waals surface area contributed by atoms with Crippen LogP contribution in [0.3, 0.4) is 0 Å². The van der Waals surface area contributed by atoms with Gasteiger partial charge in [-0.25, -0.2) is 0 Å². The molecular formula is C20H29NO4. The SMILES string of the molecule is CCCOc1ccc(/C=C/C(=O)NC2CCC(O)CC2)cc1OCC. The number of aliphatic hydroxyl groups excluding tert-OH is 1. The zero-order chi connectivity index (χ0) is 18.1. The van der Waals surface area contributed by atoms with Gasteiger partial charge in [-0.05, 0) is 62.8 Å². The van der Waals surface area contributed by atoms with Crippen LogP contribution in [0.15, 0.2) is 24.3 Å². The third-order valence-corrected chi connectivity index (χ3v) is 4.20. The molecule has 1 amide bonds. The van der Waals surface area contributed by atoms with Crippen LogP contribution in [0.4, 0.5) is 0 Å². The standard InChI is InChI=1S/C20H29NO4/c1-3-13-25-18-11-5-15(14-19(18)24-4-2)6-12-20(23)21-16-7-9-17(22)10-8-16/h5-6,11-12,14,16-17,22H,3-4,7-10,13H2,1-2H3,(H,21,23)/b12-6+. The molecule has 1 aliphatic carbocycles. The zero-order valence-corrected chi connectivity index (χ0v) is 15.2. The number of carbonyl (C=O) groups is 1. The Morgan fingerprint density at radius 3 is 2.64 bits per heavy atom. The van der Waals surface area contributed by atoms with Crippen LogP contribution < -0.4 is 14.8 Å². The number of hydrogen-bond donors (Lipinski definition) is 2. The molecule has 1 saturated carbocycles. The van der Waals surface area contributed by atoms with E-state index >= 15 is 0 Å². The van der Waals surface area contributed by atoms with Crippen molar-refractivity contribution >= 4 is 12.0 Å². The van der Waals surface area contributed by atoms with E-state index in [0.29, 0.717) is 19.0 Å². The summed E-state index contributed by atoms with van der Waals surface area (Å²) in [6, 6.07) is 5.83. The second-order valence-corrected chi connectivity index (χ2v) is 6.34. The Bertz CT molecular complexity index is 577.